The molecule has 28 heavy (non-hydrogen) atoms. The lowest BCUT2D eigenvalue weighted by molar-refractivity contribution is 0.126. The van der Waals surface area contributed by atoms with Gasteiger partial charge in [0.05, 0.1) is 19.0 Å². The first-order valence-electron chi connectivity index (χ1n) is 10.0. The zero-order valence-electron chi connectivity index (χ0n) is 16.7. The largest absolute Gasteiger partial charge is 0.393 e. The fourth-order valence-corrected chi connectivity index (χ4v) is 3.50. The van der Waals surface area contributed by atoms with Gasteiger partial charge in [-0.2, -0.15) is 0 Å². The van der Waals surface area contributed by atoms with E-state index >= 15 is 0 Å². The summed E-state index contributed by atoms with van der Waals surface area (Å²) in [7, 11) is 0. The number of fused-ring (bicyclic) bond motifs is 1. The van der Waals surface area contributed by atoms with Gasteiger partial charge in [0.15, 0.2) is 0 Å². The van der Waals surface area contributed by atoms with Gasteiger partial charge < -0.3 is 20.3 Å². The lowest BCUT2D eigenvalue weighted by Crippen LogP contribution is -2.29. The van der Waals surface area contributed by atoms with Crippen LogP contribution in [0.2, 0.25) is 0 Å². The second-order valence-electron chi connectivity index (χ2n) is 6.93. The van der Waals surface area contributed by atoms with Crippen molar-refractivity contribution >= 4 is 28.2 Å². The van der Waals surface area contributed by atoms with Crippen LogP contribution in [0.3, 0.4) is 0 Å². The van der Waals surface area contributed by atoms with Crippen molar-refractivity contribution in [2.75, 3.05) is 10.6 Å². The van der Waals surface area contributed by atoms with Crippen LogP contribution in [0.4, 0.5) is 17.5 Å². The summed E-state index contributed by atoms with van der Waals surface area (Å²) in [5.41, 5.74) is -0.0983. The molecule has 1 aliphatic carbocycles. The van der Waals surface area contributed by atoms with Crippen molar-refractivity contribution in [3.63, 3.8) is 0 Å². The lowest BCUT2D eigenvalue weighted by Gasteiger charge is -2.27. The van der Waals surface area contributed by atoms with E-state index in [1.807, 2.05) is 19.1 Å². The third kappa shape index (κ3) is 3.82. The number of aryl methyl sites for hydroxylation is 1. The van der Waals surface area contributed by atoms with Crippen molar-refractivity contribution in [1.82, 2.24) is 19.5 Å². The summed E-state index contributed by atoms with van der Waals surface area (Å²) in [6.07, 6.45) is 7.25. The van der Waals surface area contributed by atoms with Gasteiger partial charge in [-0.05, 0) is 50.1 Å². The first-order valence-corrected chi connectivity index (χ1v) is 9.51. The molecule has 146 valence electrons. The molecule has 3 aromatic heterocycles. The van der Waals surface area contributed by atoms with Crippen LogP contribution in [-0.2, 0) is 6.54 Å². The Balaban J connectivity index is 1.73. The maximum absolute atomic E-state index is 13.0. The summed E-state index contributed by atoms with van der Waals surface area (Å²) in [5, 5.41) is 17.7. The molecule has 0 unspecified atom stereocenters. The van der Waals surface area contributed by atoms with E-state index in [2.05, 4.69) is 25.6 Å². The number of pyridine rings is 2. The second-order valence-corrected chi connectivity index (χ2v) is 6.93. The van der Waals surface area contributed by atoms with Crippen LogP contribution in [0.5, 0.6) is 0 Å². The van der Waals surface area contributed by atoms with Crippen LogP contribution in [0.25, 0.3) is 10.8 Å². The minimum absolute atomic E-state index is 0.0396. The standard InChI is InChI=1S/C20H24N6O2/c1-2-26-10-7-13-11-16(24-17-12-21-8-9-22-17)25-19(18(13)20(26)28)23-14-3-5-15(27)6-4-14/h7-12,14-15,27H,2-6H2,1H3,(H2,22,23,24,25)/t14-,15-/i15D. The fraction of sp³-hybridized carbons (Fsp3) is 0.400. The number of hydrogen-bond acceptors (Lipinski definition) is 7. The van der Waals surface area contributed by atoms with Crippen molar-refractivity contribution in [2.24, 2.45) is 0 Å². The van der Waals surface area contributed by atoms with Crippen LogP contribution >= 0.6 is 0 Å². The number of nitrogens with one attached hydrogen (secondary N) is 2. The molecule has 0 aliphatic heterocycles. The summed E-state index contributed by atoms with van der Waals surface area (Å²) in [6, 6.07) is 3.76. The minimum Gasteiger partial charge on any atom is -0.393 e. The first kappa shape index (κ1) is 17.1. The Bertz CT molecular complexity index is 1060. The molecule has 1 saturated carbocycles. The average Bonchev–Trinajstić information content (AvgIpc) is 2.70. The van der Waals surface area contributed by atoms with Crippen LogP contribution in [0.15, 0.2) is 41.7 Å². The normalized spacial score (nSPS) is 22.6. The summed E-state index contributed by atoms with van der Waals surface area (Å²) in [5.74, 6) is 1.62. The van der Waals surface area contributed by atoms with E-state index in [4.69, 9.17) is 1.37 Å². The van der Waals surface area contributed by atoms with Gasteiger partial charge in [-0.15, -0.1) is 0 Å². The Morgan fingerprint density at radius 2 is 2.11 bits per heavy atom. The Kier molecular flexibility index (Phi) is 4.85. The van der Waals surface area contributed by atoms with Crippen molar-refractivity contribution in [3.05, 3.63) is 47.3 Å². The minimum atomic E-state index is -1.36. The highest BCUT2D eigenvalue weighted by Gasteiger charge is 2.21. The van der Waals surface area contributed by atoms with E-state index in [1.165, 1.54) is 0 Å². The Morgan fingerprint density at radius 1 is 1.29 bits per heavy atom. The molecule has 0 amide bonds. The van der Waals surface area contributed by atoms with Gasteiger partial charge in [0, 0.05) is 31.2 Å². The number of hydrogen-bond donors (Lipinski definition) is 3. The average molecular weight is 381 g/mol. The maximum atomic E-state index is 13.0. The van der Waals surface area contributed by atoms with E-state index in [0.717, 1.165) is 5.39 Å². The molecule has 3 heterocycles. The highest BCUT2D eigenvalue weighted by molar-refractivity contribution is 5.93. The van der Waals surface area contributed by atoms with Gasteiger partial charge in [-0.1, -0.05) is 0 Å². The van der Waals surface area contributed by atoms with E-state index in [1.54, 1.807) is 29.4 Å². The van der Waals surface area contributed by atoms with Gasteiger partial charge in [0.2, 0.25) is 0 Å². The zero-order chi connectivity index (χ0) is 20.4. The predicted molar refractivity (Wildman–Crippen MR) is 109 cm³/mol. The molecule has 8 nitrogen and oxygen atoms in total. The summed E-state index contributed by atoms with van der Waals surface area (Å²) < 4.78 is 9.46. The number of aliphatic hydroxyl groups is 1. The molecule has 0 saturated heterocycles. The van der Waals surface area contributed by atoms with Gasteiger partial charge >= 0.3 is 0 Å². The maximum Gasteiger partial charge on any atom is 0.262 e. The molecule has 3 N–H and O–H groups in total. The Hall–Kier alpha value is -3.00. The van der Waals surface area contributed by atoms with Crippen molar-refractivity contribution in [3.8, 4) is 0 Å². The Labute approximate surface area is 164 Å². The van der Waals surface area contributed by atoms with E-state index in [0.29, 0.717) is 55.1 Å². The fourth-order valence-electron chi connectivity index (χ4n) is 3.50. The molecule has 3 aromatic rings. The summed E-state index contributed by atoms with van der Waals surface area (Å²) in [4.78, 5) is 25.9. The molecule has 0 aromatic carbocycles. The smallest absolute Gasteiger partial charge is 0.262 e. The monoisotopic (exact) mass is 381 g/mol. The molecule has 8 heteroatoms. The first-order chi connectivity index (χ1) is 13.9. The van der Waals surface area contributed by atoms with E-state index < -0.39 is 6.08 Å². The molecule has 1 aliphatic rings. The summed E-state index contributed by atoms with van der Waals surface area (Å²) in [6.45, 7) is 2.50. The molecule has 1 fully saturated rings. The molecule has 0 spiro atoms. The molecule has 0 radical (unpaired) electrons. The molecular formula is C20H24N6O2. The lowest BCUT2D eigenvalue weighted by atomic mass is 9.93. The zero-order valence-corrected chi connectivity index (χ0v) is 15.7. The number of aromatic nitrogens is 4. The second kappa shape index (κ2) is 7.93. The van der Waals surface area contributed by atoms with Crippen molar-refractivity contribution < 1.29 is 6.48 Å². The highest BCUT2D eigenvalue weighted by Crippen LogP contribution is 2.27. The quantitative estimate of drug-likeness (QED) is 0.624. The topological polar surface area (TPSA) is 105 Å². The number of rotatable bonds is 5. The number of anilines is 3. The number of nitrogens with zero attached hydrogens (tertiary/aromatic N) is 4. The van der Waals surface area contributed by atoms with Gasteiger partial charge in [0.1, 0.15) is 17.5 Å². The third-order valence-electron chi connectivity index (χ3n) is 5.02. The molecular weight excluding hydrogens is 356 g/mol. The van der Waals surface area contributed by atoms with Crippen LogP contribution in [-0.4, -0.2) is 36.7 Å². The Morgan fingerprint density at radius 3 is 2.82 bits per heavy atom. The van der Waals surface area contributed by atoms with E-state index in [-0.39, 0.29) is 11.6 Å². The van der Waals surface area contributed by atoms with E-state index in [9.17, 15) is 9.90 Å². The predicted octanol–water partition coefficient (Wildman–Crippen LogP) is 2.67. The molecule has 4 rings (SSSR count). The SMILES string of the molecule is [2H][C@]1(O)CC[C@H](Nc2nc(Nc3cnccn3)cc3ccn(CC)c(=O)c23)CC1. The van der Waals surface area contributed by atoms with Gasteiger partial charge in [-0.25, -0.2) is 9.97 Å². The van der Waals surface area contributed by atoms with Gasteiger partial charge in [-0.3, -0.25) is 9.78 Å². The van der Waals surface area contributed by atoms with Crippen molar-refractivity contribution in [1.29, 1.82) is 0 Å². The third-order valence-corrected chi connectivity index (χ3v) is 5.02. The highest BCUT2D eigenvalue weighted by atomic mass is 16.3. The van der Waals surface area contributed by atoms with Crippen LogP contribution in [0, 0.1) is 0 Å². The summed E-state index contributed by atoms with van der Waals surface area (Å²) >= 11 is 0. The van der Waals surface area contributed by atoms with Crippen LogP contribution in [0.1, 0.15) is 34.0 Å². The van der Waals surface area contributed by atoms with Crippen LogP contribution < -0.4 is 16.2 Å². The van der Waals surface area contributed by atoms with Gasteiger partial charge in [0.25, 0.3) is 5.56 Å². The molecule has 0 bridgehead atoms. The molecule has 0 atom stereocenters. The van der Waals surface area contributed by atoms with Crippen molar-refractivity contribution in [2.45, 2.75) is 51.3 Å².